The molecule has 5 heteroatoms. The minimum absolute atomic E-state index is 0.245. The molecule has 1 aliphatic carbocycles. The van der Waals surface area contributed by atoms with E-state index in [0.717, 1.165) is 31.8 Å². The number of ether oxygens (including phenoxy) is 1. The molecule has 2 rings (SSSR count). The summed E-state index contributed by atoms with van der Waals surface area (Å²) in [7, 11) is 1.97. The highest BCUT2D eigenvalue weighted by Gasteiger charge is 2.50. The van der Waals surface area contributed by atoms with Gasteiger partial charge in [0, 0.05) is 25.1 Å². The molecule has 1 N–H and O–H groups in total. The van der Waals surface area contributed by atoms with E-state index in [2.05, 4.69) is 36.3 Å². The van der Waals surface area contributed by atoms with E-state index in [9.17, 15) is 0 Å². The van der Waals surface area contributed by atoms with E-state index in [-0.39, 0.29) is 5.41 Å². The SMILES string of the molecule is CCOC1CC(NCc2nncn2C)C1(C)CC. The molecule has 0 amide bonds. The monoisotopic (exact) mass is 252 g/mol. The van der Waals surface area contributed by atoms with Gasteiger partial charge in [-0.25, -0.2) is 0 Å². The average molecular weight is 252 g/mol. The third-order valence-electron chi connectivity index (χ3n) is 4.42. The molecule has 102 valence electrons. The van der Waals surface area contributed by atoms with Gasteiger partial charge >= 0.3 is 0 Å². The second-order valence-corrected chi connectivity index (χ2v) is 5.33. The van der Waals surface area contributed by atoms with Crippen molar-refractivity contribution in [3.8, 4) is 0 Å². The Hall–Kier alpha value is -0.940. The van der Waals surface area contributed by atoms with Crippen molar-refractivity contribution in [1.29, 1.82) is 0 Å². The Morgan fingerprint density at radius 2 is 2.33 bits per heavy atom. The van der Waals surface area contributed by atoms with Gasteiger partial charge < -0.3 is 14.6 Å². The second kappa shape index (κ2) is 5.36. The minimum Gasteiger partial charge on any atom is -0.378 e. The number of hydrogen-bond acceptors (Lipinski definition) is 4. The van der Waals surface area contributed by atoms with E-state index in [1.807, 2.05) is 11.6 Å². The number of nitrogens with zero attached hydrogens (tertiary/aromatic N) is 3. The fourth-order valence-electron chi connectivity index (χ4n) is 2.75. The third kappa shape index (κ3) is 2.29. The van der Waals surface area contributed by atoms with Crippen LogP contribution in [-0.2, 0) is 18.3 Å². The maximum atomic E-state index is 5.80. The molecule has 0 bridgehead atoms. The van der Waals surface area contributed by atoms with Crippen LogP contribution >= 0.6 is 0 Å². The summed E-state index contributed by atoms with van der Waals surface area (Å²) in [5, 5.41) is 11.6. The molecule has 0 saturated heterocycles. The summed E-state index contributed by atoms with van der Waals surface area (Å²) in [6.07, 6.45) is 4.36. The summed E-state index contributed by atoms with van der Waals surface area (Å²) in [6, 6.07) is 0.510. The predicted octanol–water partition coefficient (Wildman–Crippen LogP) is 1.50. The van der Waals surface area contributed by atoms with Crippen molar-refractivity contribution in [1.82, 2.24) is 20.1 Å². The first-order valence-corrected chi connectivity index (χ1v) is 6.79. The molecule has 1 fully saturated rings. The Morgan fingerprint density at radius 1 is 1.56 bits per heavy atom. The number of aryl methyl sites for hydroxylation is 1. The van der Waals surface area contributed by atoms with Crippen molar-refractivity contribution in [3.05, 3.63) is 12.2 Å². The van der Waals surface area contributed by atoms with E-state index >= 15 is 0 Å². The summed E-state index contributed by atoms with van der Waals surface area (Å²) in [6.45, 7) is 8.19. The Morgan fingerprint density at radius 3 is 2.89 bits per heavy atom. The van der Waals surface area contributed by atoms with Gasteiger partial charge in [0.1, 0.15) is 12.2 Å². The first-order valence-electron chi connectivity index (χ1n) is 6.79. The van der Waals surface area contributed by atoms with Crippen molar-refractivity contribution >= 4 is 0 Å². The van der Waals surface area contributed by atoms with Gasteiger partial charge in [0.2, 0.25) is 0 Å². The van der Waals surface area contributed by atoms with E-state index in [1.54, 1.807) is 6.33 Å². The number of nitrogens with one attached hydrogen (secondary N) is 1. The lowest BCUT2D eigenvalue weighted by Gasteiger charge is -2.53. The van der Waals surface area contributed by atoms with Crippen molar-refractivity contribution in [2.45, 2.75) is 52.3 Å². The molecule has 1 aromatic heterocycles. The predicted molar refractivity (Wildman–Crippen MR) is 70.1 cm³/mol. The van der Waals surface area contributed by atoms with Gasteiger partial charge in [0.05, 0.1) is 12.6 Å². The molecule has 1 aromatic rings. The molecule has 1 heterocycles. The van der Waals surface area contributed by atoms with Crippen LogP contribution in [0.25, 0.3) is 0 Å². The topological polar surface area (TPSA) is 52.0 Å². The zero-order valence-electron chi connectivity index (χ0n) is 11.8. The minimum atomic E-state index is 0.245. The van der Waals surface area contributed by atoms with Gasteiger partial charge in [-0.3, -0.25) is 0 Å². The standard InChI is InChI=1S/C13H24N4O/c1-5-13(3)10(7-11(13)18-6-2)14-8-12-16-15-9-17(12)4/h9-11,14H,5-8H2,1-4H3. The van der Waals surface area contributed by atoms with E-state index in [1.165, 1.54) is 0 Å². The Bertz CT molecular complexity index is 392. The molecule has 1 aliphatic rings. The molecular weight excluding hydrogens is 228 g/mol. The zero-order valence-corrected chi connectivity index (χ0v) is 11.8. The quantitative estimate of drug-likeness (QED) is 0.833. The Labute approximate surface area is 109 Å². The fourth-order valence-corrected chi connectivity index (χ4v) is 2.75. The second-order valence-electron chi connectivity index (χ2n) is 5.33. The van der Waals surface area contributed by atoms with Crippen LogP contribution in [0, 0.1) is 5.41 Å². The largest absolute Gasteiger partial charge is 0.378 e. The van der Waals surface area contributed by atoms with Gasteiger partial charge in [0.25, 0.3) is 0 Å². The first-order chi connectivity index (χ1) is 8.61. The van der Waals surface area contributed by atoms with Crippen LogP contribution in [-0.4, -0.2) is 33.5 Å². The fraction of sp³-hybridized carbons (Fsp3) is 0.846. The molecule has 0 aromatic carbocycles. The van der Waals surface area contributed by atoms with Crippen molar-refractivity contribution in [3.63, 3.8) is 0 Å². The number of rotatable bonds is 6. The molecule has 5 nitrogen and oxygen atoms in total. The zero-order chi connectivity index (χ0) is 13.2. The number of aromatic nitrogens is 3. The maximum Gasteiger partial charge on any atom is 0.146 e. The van der Waals surface area contributed by atoms with E-state index < -0.39 is 0 Å². The smallest absolute Gasteiger partial charge is 0.146 e. The lowest BCUT2D eigenvalue weighted by atomic mass is 9.61. The molecular formula is C13H24N4O. The van der Waals surface area contributed by atoms with E-state index in [4.69, 9.17) is 4.74 Å². The highest BCUT2D eigenvalue weighted by atomic mass is 16.5. The van der Waals surface area contributed by atoms with Crippen LogP contribution in [0.2, 0.25) is 0 Å². The van der Waals surface area contributed by atoms with Crippen LogP contribution in [0.4, 0.5) is 0 Å². The molecule has 1 saturated carbocycles. The Balaban J connectivity index is 1.89. The molecule has 0 aliphatic heterocycles. The highest BCUT2D eigenvalue weighted by Crippen LogP contribution is 2.45. The summed E-state index contributed by atoms with van der Waals surface area (Å²) >= 11 is 0. The summed E-state index contributed by atoms with van der Waals surface area (Å²) in [5.41, 5.74) is 0.245. The lowest BCUT2D eigenvalue weighted by molar-refractivity contribution is -0.126. The van der Waals surface area contributed by atoms with Crippen LogP contribution in [0.3, 0.4) is 0 Å². The summed E-state index contributed by atoms with van der Waals surface area (Å²) < 4.78 is 7.76. The van der Waals surface area contributed by atoms with Gasteiger partial charge in [-0.2, -0.15) is 0 Å². The Kier molecular flexibility index (Phi) is 4.02. The third-order valence-corrected chi connectivity index (χ3v) is 4.42. The maximum absolute atomic E-state index is 5.80. The molecule has 3 atom stereocenters. The summed E-state index contributed by atoms with van der Waals surface area (Å²) in [5.74, 6) is 0.980. The van der Waals surface area contributed by atoms with Crippen molar-refractivity contribution in [2.24, 2.45) is 12.5 Å². The molecule has 18 heavy (non-hydrogen) atoms. The van der Waals surface area contributed by atoms with Crippen molar-refractivity contribution < 1.29 is 4.74 Å². The van der Waals surface area contributed by atoms with Crippen LogP contribution in [0.15, 0.2) is 6.33 Å². The molecule has 0 spiro atoms. The van der Waals surface area contributed by atoms with Gasteiger partial charge in [-0.15, -0.1) is 10.2 Å². The lowest BCUT2D eigenvalue weighted by Crippen LogP contribution is -2.62. The van der Waals surface area contributed by atoms with Crippen molar-refractivity contribution in [2.75, 3.05) is 6.61 Å². The average Bonchev–Trinajstić information content (AvgIpc) is 2.77. The summed E-state index contributed by atoms with van der Waals surface area (Å²) in [4.78, 5) is 0. The first kappa shape index (κ1) is 13.5. The van der Waals surface area contributed by atoms with Crippen LogP contribution in [0.1, 0.15) is 39.4 Å². The van der Waals surface area contributed by atoms with Crippen LogP contribution < -0.4 is 5.32 Å². The number of hydrogen-bond donors (Lipinski definition) is 1. The van der Waals surface area contributed by atoms with Gasteiger partial charge in [-0.05, 0) is 19.8 Å². The van der Waals surface area contributed by atoms with Crippen LogP contribution in [0.5, 0.6) is 0 Å². The van der Waals surface area contributed by atoms with Gasteiger partial charge in [0.15, 0.2) is 0 Å². The molecule has 0 radical (unpaired) electrons. The normalized spacial score (nSPS) is 31.3. The van der Waals surface area contributed by atoms with E-state index in [0.29, 0.717) is 12.1 Å². The van der Waals surface area contributed by atoms with Gasteiger partial charge in [-0.1, -0.05) is 13.8 Å². The highest BCUT2D eigenvalue weighted by molar-refractivity contribution is 5.05. The molecule has 3 unspecified atom stereocenters.